The number of aromatic nitrogens is 1. The predicted molar refractivity (Wildman–Crippen MR) is 212 cm³/mol. The van der Waals surface area contributed by atoms with Gasteiger partial charge in [-0.1, -0.05) is 157 Å². The summed E-state index contributed by atoms with van der Waals surface area (Å²) in [6.07, 6.45) is 0. The van der Waals surface area contributed by atoms with Gasteiger partial charge >= 0.3 is 0 Å². The molecule has 8 aromatic carbocycles. The molecule has 0 saturated carbocycles. The van der Waals surface area contributed by atoms with Crippen LogP contribution in [0.25, 0.3) is 60.9 Å². The summed E-state index contributed by atoms with van der Waals surface area (Å²) in [5, 5.41) is 2.08. The largest absolute Gasteiger partial charge is 0.309 e. The minimum absolute atomic E-state index is 0.0443. The van der Waals surface area contributed by atoms with Crippen LogP contribution in [0.5, 0.6) is 0 Å². The Morgan fingerprint density at radius 3 is 1.70 bits per heavy atom. The van der Waals surface area contributed by atoms with Crippen molar-refractivity contribution < 1.29 is 13.7 Å². The first kappa shape index (κ1) is 20.7. The Hall–Kier alpha value is -6.64. The molecule has 0 aliphatic heterocycles. The van der Waals surface area contributed by atoms with Gasteiger partial charge in [-0.25, -0.2) is 0 Å². The summed E-state index contributed by atoms with van der Waals surface area (Å²) in [6, 6.07) is 42.8. The lowest BCUT2D eigenvalue weighted by molar-refractivity contribution is 1.18. The summed E-state index contributed by atoms with van der Waals surface area (Å²) in [5.41, 5.74) is 7.64. The Kier molecular flexibility index (Phi) is 5.27. The van der Waals surface area contributed by atoms with E-state index in [1.54, 1.807) is 36.4 Å². The Balaban J connectivity index is 1.33. The molecule has 2 nitrogen and oxygen atoms in total. The van der Waals surface area contributed by atoms with E-state index in [0.717, 1.165) is 44.3 Å². The molecule has 9 aromatic rings. The second-order valence-corrected chi connectivity index (χ2v) is 11.8. The third-order valence-electron chi connectivity index (χ3n) is 8.98. The Morgan fingerprint density at radius 2 is 0.960 bits per heavy atom. The molecule has 0 unspecified atom stereocenters. The Morgan fingerprint density at radius 1 is 0.400 bits per heavy atom. The zero-order valence-corrected chi connectivity index (χ0v) is 26.8. The summed E-state index contributed by atoms with van der Waals surface area (Å²) in [5.74, 6) is 0. The highest BCUT2D eigenvalue weighted by Crippen LogP contribution is 2.47. The van der Waals surface area contributed by atoms with Gasteiger partial charge in [-0.2, -0.15) is 0 Å². The minimum Gasteiger partial charge on any atom is -0.309 e. The van der Waals surface area contributed by atoms with E-state index in [2.05, 4.69) is 41.0 Å². The lowest BCUT2D eigenvalue weighted by atomic mass is 9.95. The van der Waals surface area contributed by atoms with Crippen LogP contribution in [0.15, 0.2) is 206 Å². The van der Waals surface area contributed by atoms with E-state index < -0.39 is 36.3 Å². The molecule has 9 rings (SSSR count). The van der Waals surface area contributed by atoms with Gasteiger partial charge in [-0.05, 0) is 70.8 Å². The maximum Gasteiger partial charge on any atom is 0.0629 e. The molecule has 0 bridgehead atoms. The van der Waals surface area contributed by atoms with Crippen LogP contribution in [0.4, 0.5) is 17.1 Å². The van der Waals surface area contributed by atoms with Gasteiger partial charge in [-0.3, -0.25) is 0 Å². The van der Waals surface area contributed by atoms with Gasteiger partial charge in [0.2, 0.25) is 0 Å². The van der Waals surface area contributed by atoms with Crippen LogP contribution in [0.2, 0.25) is 0 Å². The molecule has 0 fully saturated rings. The van der Waals surface area contributed by atoms with Gasteiger partial charge in [-0.15, -0.1) is 0 Å². The topological polar surface area (TPSA) is 8.17 Å². The summed E-state index contributed by atoms with van der Waals surface area (Å²) >= 11 is 0. The van der Waals surface area contributed by atoms with E-state index in [9.17, 15) is 0 Å². The molecule has 2 heteroatoms. The van der Waals surface area contributed by atoms with Crippen LogP contribution in [-0.2, 0) is 0 Å². The van der Waals surface area contributed by atoms with Gasteiger partial charge in [0.15, 0.2) is 0 Å². The van der Waals surface area contributed by atoms with E-state index in [1.807, 2.05) is 77.7 Å². The van der Waals surface area contributed by atoms with Crippen LogP contribution in [0.1, 0.15) is 13.7 Å². The molecule has 0 aliphatic carbocycles. The zero-order valence-electron chi connectivity index (χ0n) is 36.8. The molecule has 0 atom stereocenters. The first-order chi connectivity index (χ1) is 29.0. The SMILES string of the molecule is [2H]c1c([2H])c([2H])c(-c2ccc(N(c3ccccc3-c3c([2H])c([2H])c([2H])c([2H])c3[2H])c3ccccc3-c3cccc4c3c3ccccc3n4-c3ccccc3)cc2)c([2H])c1[2H]. The van der Waals surface area contributed by atoms with Crippen molar-refractivity contribution in [2.45, 2.75) is 0 Å². The third kappa shape index (κ3) is 5.15. The van der Waals surface area contributed by atoms with Crippen molar-refractivity contribution in [1.82, 2.24) is 4.57 Å². The third-order valence-corrected chi connectivity index (χ3v) is 8.98. The van der Waals surface area contributed by atoms with Gasteiger partial charge in [0.1, 0.15) is 0 Å². The highest BCUT2D eigenvalue weighted by molar-refractivity contribution is 6.17. The average Bonchev–Trinajstić information content (AvgIpc) is 3.63. The number of para-hydroxylation sites is 4. The highest BCUT2D eigenvalue weighted by atomic mass is 15.1. The molecule has 0 radical (unpaired) electrons. The molecular weight excluding hydrogens is 605 g/mol. The van der Waals surface area contributed by atoms with Crippen molar-refractivity contribution in [3.63, 3.8) is 0 Å². The van der Waals surface area contributed by atoms with Crippen molar-refractivity contribution in [2.75, 3.05) is 4.90 Å². The van der Waals surface area contributed by atoms with Crippen molar-refractivity contribution >= 4 is 38.9 Å². The Bertz CT molecular complexity index is 3100. The minimum atomic E-state index is -0.487. The summed E-state index contributed by atoms with van der Waals surface area (Å²) in [7, 11) is 0. The van der Waals surface area contributed by atoms with Gasteiger partial charge < -0.3 is 9.47 Å². The predicted octanol–water partition coefficient (Wildman–Crippen LogP) is 13.3. The molecule has 0 N–H and O–H groups in total. The number of hydrogen-bond donors (Lipinski definition) is 0. The quantitative estimate of drug-likeness (QED) is 0.167. The zero-order chi connectivity index (χ0) is 42.0. The number of anilines is 3. The molecule has 0 amide bonds. The van der Waals surface area contributed by atoms with Gasteiger partial charge in [0.25, 0.3) is 0 Å². The smallest absolute Gasteiger partial charge is 0.0629 e. The normalized spacial score (nSPS) is 14.0. The van der Waals surface area contributed by atoms with Crippen molar-refractivity contribution in [3.8, 4) is 39.1 Å². The van der Waals surface area contributed by atoms with Crippen molar-refractivity contribution in [2.24, 2.45) is 0 Å². The molecule has 0 aliphatic rings. The van der Waals surface area contributed by atoms with E-state index in [4.69, 9.17) is 13.7 Å². The van der Waals surface area contributed by atoms with Gasteiger partial charge in [0.05, 0.1) is 36.1 Å². The first-order valence-corrected chi connectivity index (χ1v) is 16.3. The summed E-state index contributed by atoms with van der Waals surface area (Å²) < 4.78 is 87.5. The number of fused-ring (bicyclic) bond motifs is 3. The maximum absolute atomic E-state index is 8.98. The van der Waals surface area contributed by atoms with Crippen LogP contribution in [0, 0.1) is 0 Å². The summed E-state index contributed by atoms with van der Waals surface area (Å²) in [4.78, 5) is 1.98. The van der Waals surface area contributed by atoms with E-state index in [1.165, 1.54) is 0 Å². The number of rotatable bonds is 7. The van der Waals surface area contributed by atoms with Crippen LogP contribution < -0.4 is 4.90 Å². The van der Waals surface area contributed by atoms with Crippen LogP contribution >= 0.6 is 0 Å². The highest BCUT2D eigenvalue weighted by Gasteiger charge is 2.23. The molecule has 0 saturated heterocycles. The second-order valence-electron chi connectivity index (χ2n) is 11.8. The van der Waals surface area contributed by atoms with E-state index >= 15 is 0 Å². The fourth-order valence-corrected chi connectivity index (χ4v) is 6.84. The van der Waals surface area contributed by atoms with Gasteiger partial charge in [0, 0.05) is 33.3 Å². The molecule has 236 valence electrons. The standard InChI is InChI=1S/C48H34N2/c1-4-17-35(18-5-1)36-31-33-39(34-32-36)49(44-27-13-10-23-40(44)37-19-6-2-7-20-37)45-28-14-11-24-41(45)42-26-16-30-47-48(42)43-25-12-15-29-46(43)50(47)38-21-8-3-9-22-38/h1-34H/i1D,2D,4D,5D,6D,7D,17D,18D,19D,20D. The maximum atomic E-state index is 8.98. The average molecular weight is 649 g/mol. The first-order valence-electron chi connectivity index (χ1n) is 21.3. The number of hydrogen-bond acceptors (Lipinski definition) is 1. The number of benzene rings is 8. The Labute approximate surface area is 306 Å². The summed E-state index contributed by atoms with van der Waals surface area (Å²) in [6.45, 7) is 0. The molecule has 1 heterocycles. The lowest BCUT2D eigenvalue weighted by Gasteiger charge is -2.30. The fourth-order valence-electron chi connectivity index (χ4n) is 6.84. The molecule has 0 spiro atoms. The van der Waals surface area contributed by atoms with Crippen LogP contribution in [-0.4, -0.2) is 4.57 Å². The second kappa shape index (κ2) is 12.8. The number of nitrogens with zero attached hydrogens (tertiary/aromatic N) is 2. The molecular formula is C48H34N2. The van der Waals surface area contributed by atoms with Crippen molar-refractivity contribution in [3.05, 3.63) is 206 Å². The van der Waals surface area contributed by atoms with Crippen molar-refractivity contribution in [1.29, 1.82) is 0 Å². The molecule has 1 aromatic heterocycles. The molecule has 50 heavy (non-hydrogen) atoms. The monoisotopic (exact) mass is 648 g/mol. The van der Waals surface area contributed by atoms with E-state index in [-0.39, 0.29) is 35.3 Å². The van der Waals surface area contributed by atoms with Crippen LogP contribution in [0.3, 0.4) is 0 Å². The fraction of sp³-hybridized carbons (Fsp3) is 0. The lowest BCUT2D eigenvalue weighted by Crippen LogP contribution is -2.12. The van der Waals surface area contributed by atoms with E-state index in [0.29, 0.717) is 22.5 Å².